The molecule has 5 heteroatoms. The van der Waals surface area contributed by atoms with Crippen LogP contribution in [0.2, 0.25) is 0 Å². The number of carbonyl (C=O) groups is 1. The number of benzene rings is 2. The second kappa shape index (κ2) is 5.46. The predicted molar refractivity (Wildman–Crippen MR) is 106 cm³/mol. The summed E-state index contributed by atoms with van der Waals surface area (Å²) in [6.45, 7) is 4.50. The molecule has 144 valence electrons. The first kappa shape index (κ1) is 17.5. The summed E-state index contributed by atoms with van der Waals surface area (Å²) < 4.78 is 0. The van der Waals surface area contributed by atoms with Crippen molar-refractivity contribution in [3.63, 3.8) is 0 Å². The Morgan fingerprint density at radius 1 is 1.00 bits per heavy atom. The van der Waals surface area contributed by atoms with E-state index in [0.29, 0.717) is 36.2 Å². The van der Waals surface area contributed by atoms with E-state index in [2.05, 4.69) is 19.2 Å². The molecule has 0 bridgehead atoms. The summed E-state index contributed by atoms with van der Waals surface area (Å²) in [7, 11) is 0. The molecule has 2 heterocycles. The molecule has 0 fully saturated rings. The Bertz CT molecular complexity index is 1010. The van der Waals surface area contributed by atoms with Crippen LogP contribution in [0.5, 0.6) is 0 Å². The van der Waals surface area contributed by atoms with E-state index in [1.807, 2.05) is 48.5 Å². The van der Waals surface area contributed by atoms with E-state index in [-0.39, 0.29) is 11.2 Å². The number of carbonyl (C=O) groups excluding carboxylic acids is 1. The number of hydrogen-bond donors (Lipinski definition) is 3. The Kier molecular flexibility index (Phi) is 3.41. The standard InChI is InChI=1S/C23H24N2O3/c1-21(2)12-18-20(19(26)13-21)22(27)16-10-6-7-11-17(16)24-23(22,28)25(18)14-15-8-4-3-5-9-15/h3-11,24,27-28H,12-14H2,1-2H3. The Morgan fingerprint density at radius 2 is 1.68 bits per heavy atom. The van der Waals surface area contributed by atoms with E-state index in [4.69, 9.17) is 0 Å². The Labute approximate surface area is 164 Å². The third-order valence-electron chi connectivity index (χ3n) is 6.24. The molecular formula is C23H24N2O3. The smallest absolute Gasteiger partial charge is 0.256 e. The van der Waals surface area contributed by atoms with E-state index in [9.17, 15) is 15.0 Å². The monoisotopic (exact) mass is 376 g/mol. The van der Waals surface area contributed by atoms with Crippen molar-refractivity contribution in [2.24, 2.45) is 5.41 Å². The maximum absolute atomic E-state index is 13.2. The van der Waals surface area contributed by atoms with Crippen molar-refractivity contribution < 1.29 is 15.0 Å². The minimum absolute atomic E-state index is 0.0961. The van der Waals surface area contributed by atoms with E-state index < -0.39 is 11.4 Å². The van der Waals surface area contributed by atoms with Gasteiger partial charge in [-0.05, 0) is 23.5 Å². The lowest BCUT2D eigenvalue weighted by Crippen LogP contribution is -2.59. The lowest BCUT2D eigenvalue weighted by atomic mass is 9.72. The third-order valence-corrected chi connectivity index (χ3v) is 6.24. The summed E-state index contributed by atoms with van der Waals surface area (Å²) in [5, 5.41) is 26.8. The van der Waals surface area contributed by atoms with Gasteiger partial charge in [-0.15, -0.1) is 0 Å². The van der Waals surface area contributed by atoms with Gasteiger partial charge >= 0.3 is 0 Å². The maximum Gasteiger partial charge on any atom is 0.256 e. The van der Waals surface area contributed by atoms with Crippen LogP contribution in [0.4, 0.5) is 5.69 Å². The van der Waals surface area contributed by atoms with Crippen LogP contribution in [0.25, 0.3) is 0 Å². The number of rotatable bonds is 2. The molecule has 2 aromatic carbocycles. The SMILES string of the molecule is CC1(C)CC(=O)C2=C(C1)N(Cc1ccccc1)C1(O)Nc3ccccc3C21O. The van der Waals surface area contributed by atoms with Gasteiger partial charge in [0.25, 0.3) is 5.85 Å². The highest BCUT2D eigenvalue weighted by Crippen LogP contribution is 2.60. The fourth-order valence-corrected chi connectivity index (χ4v) is 5.05. The van der Waals surface area contributed by atoms with Crippen molar-refractivity contribution >= 4 is 11.5 Å². The highest BCUT2D eigenvalue weighted by Gasteiger charge is 2.70. The van der Waals surface area contributed by atoms with Crippen LogP contribution >= 0.6 is 0 Å². The summed E-state index contributed by atoms with van der Waals surface area (Å²) in [5.41, 5.74) is 1.25. The fourth-order valence-electron chi connectivity index (χ4n) is 5.05. The molecule has 3 aliphatic rings. The Morgan fingerprint density at radius 3 is 2.43 bits per heavy atom. The van der Waals surface area contributed by atoms with E-state index >= 15 is 0 Å². The van der Waals surface area contributed by atoms with Crippen LogP contribution in [-0.4, -0.2) is 26.7 Å². The lowest BCUT2D eigenvalue weighted by molar-refractivity contribution is -0.172. The first-order valence-electron chi connectivity index (χ1n) is 9.67. The number of fused-ring (bicyclic) bond motifs is 4. The van der Waals surface area contributed by atoms with Crippen LogP contribution in [0.15, 0.2) is 65.9 Å². The molecule has 5 rings (SSSR count). The molecular weight excluding hydrogens is 352 g/mol. The van der Waals surface area contributed by atoms with Crippen molar-refractivity contribution in [3.05, 3.63) is 77.0 Å². The topological polar surface area (TPSA) is 72.8 Å². The van der Waals surface area contributed by atoms with Gasteiger partial charge in [0.2, 0.25) is 0 Å². The molecule has 0 spiro atoms. The van der Waals surface area contributed by atoms with E-state index in [1.54, 1.807) is 11.0 Å². The molecule has 2 unspecified atom stereocenters. The zero-order chi connectivity index (χ0) is 19.7. The van der Waals surface area contributed by atoms with Gasteiger partial charge in [-0.3, -0.25) is 4.79 Å². The first-order chi connectivity index (χ1) is 13.3. The molecule has 0 saturated carbocycles. The average Bonchev–Trinajstić information content (AvgIpc) is 2.97. The number of hydrogen-bond acceptors (Lipinski definition) is 5. The van der Waals surface area contributed by atoms with Crippen molar-refractivity contribution in [3.8, 4) is 0 Å². The predicted octanol–water partition coefficient (Wildman–Crippen LogP) is 3.10. The molecule has 3 N–H and O–H groups in total. The number of nitrogens with zero attached hydrogens (tertiary/aromatic N) is 1. The van der Waals surface area contributed by atoms with E-state index in [0.717, 1.165) is 11.3 Å². The summed E-state index contributed by atoms with van der Waals surface area (Å²) in [6.07, 6.45) is 0.973. The van der Waals surface area contributed by atoms with Gasteiger partial charge in [-0.1, -0.05) is 62.4 Å². The second-order valence-electron chi connectivity index (χ2n) is 8.89. The van der Waals surface area contributed by atoms with Gasteiger partial charge in [-0.25, -0.2) is 0 Å². The lowest BCUT2D eigenvalue weighted by Gasteiger charge is -2.41. The molecule has 2 atom stereocenters. The van der Waals surface area contributed by atoms with Crippen molar-refractivity contribution in [1.82, 2.24) is 4.90 Å². The molecule has 2 aliphatic heterocycles. The van der Waals surface area contributed by atoms with Gasteiger partial charge in [-0.2, -0.15) is 0 Å². The summed E-state index contributed by atoms with van der Waals surface area (Å²) in [4.78, 5) is 15.0. The van der Waals surface area contributed by atoms with Crippen LogP contribution in [-0.2, 0) is 16.9 Å². The molecule has 0 amide bonds. The number of anilines is 1. The van der Waals surface area contributed by atoms with Crippen molar-refractivity contribution in [2.45, 2.75) is 44.7 Å². The fraction of sp³-hybridized carbons (Fsp3) is 0.348. The highest BCUT2D eigenvalue weighted by atomic mass is 16.4. The maximum atomic E-state index is 13.2. The zero-order valence-corrected chi connectivity index (χ0v) is 16.1. The molecule has 1 aliphatic carbocycles. The number of aliphatic hydroxyl groups is 2. The second-order valence-corrected chi connectivity index (χ2v) is 8.89. The van der Waals surface area contributed by atoms with Crippen LogP contribution in [0.3, 0.4) is 0 Å². The zero-order valence-electron chi connectivity index (χ0n) is 16.1. The normalized spacial score (nSPS) is 30.0. The largest absolute Gasteiger partial charge is 0.374 e. The van der Waals surface area contributed by atoms with E-state index in [1.165, 1.54) is 0 Å². The van der Waals surface area contributed by atoms with Gasteiger partial charge in [0.05, 0.1) is 5.57 Å². The average molecular weight is 376 g/mol. The minimum Gasteiger partial charge on any atom is -0.374 e. The minimum atomic E-state index is -1.80. The van der Waals surface area contributed by atoms with Gasteiger partial charge < -0.3 is 20.4 Å². The number of ketones is 1. The molecule has 0 radical (unpaired) electrons. The molecule has 28 heavy (non-hydrogen) atoms. The molecule has 5 nitrogen and oxygen atoms in total. The van der Waals surface area contributed by atoms with Crippen molar-refractivity contribution in [2.75, 3.05) is 5.32 Å². The number of nitrogens with one attached hydrogen (secondary N) is 1. The first-order valence-corrected chi connectivity index (χ1v) is 9.67. The summed E-state index contributed by atoms with van der Waals surface area (Å²) >= 11 is 0. The molecule has 0 saturated heterocycles. The summed E-state index contributed by atoms with van der Waals surface area (Å²) in [6, 6.07) is 17.1. The number of para-hydroxylation sites is 1. The third kappa shape index (κ3) is 2.11. The van der Waals surface area contributed by atoms with Crippen LogP contribution in [0, 0.1) is 5.41 Å². The highest BCUT2D eigenvalue weighted by molar-refractivity contribution is 6.01. The Balaban J connectivity index is 1.73. The van der Waals surface area contributed by atoms with Crippen LogP contribution in [0.1, 0.15) is 37.8 Å². The van der Waals surface area contributed by atoms with Gasteiger partial charge in [0, 0.05) is 29.9 Å². The van der Waals surface area contributed by atoms with Gasteiger partial charge in [0.1, 0.15) is 0 Å². The Hall–Kier alpha value is -2.63. The quantitative estimate of drug-likeness (QED) is 0.751. The molecule has 2 aromatic rings. The van der Waals surface area contributed by atoms with Gasteiger partial charge in [0.15, 0.2) is 11.4 Å². The number of Topliss-reactive ketones (excluding diaryl/α,β-unsaturated/α-hetero) is 1. The number of allylic oxidation sites excluding steroid dienone is 1. The van der Waals surface area contributed by atoms with Crippen LogP contribution < -0.4 is 5.32 Å². The van der Waals surface area contributed by atoms with Crippen molar-refractivity contribution in [1.29, 1.82) is 0 Å². The molecule has 0 aromatic heterocycles. The summed E-state index contributed by atoms with van der Waals surface area (Å²) in [5.74, 6) is -1.89.